The highest BCUT2D eigenvalue weighted by molar-refractivity contribution is 6.35. The molecule has 2 atom stereocenters. The smallest absolute Gasteiger partial charge is 0.103 e. The van der Waals surface area contributed by atoms with Crippen LogP contribution in [0.4, 0.5) is 11.4 Å². The van der Waals surface area contributed by atoms with Crippen molar-refractivity contribution in [1.82, 2.24) is 25.9 Å². The lowest BCUT2D eigenvalue weighted by atomic mass is 10.0. The van der Waals surface area contributed by atoms with Crippen molar-refractivity contribution < 1.29 is 0 Å². The van der Waals surface area contributed by atoms with Crippen molar-refractivity contribution >= 4 is 33.9 Å². The molecule has 8 nitrogen and oxygen atoms in total. The van der Waals surface area contributed by atoms with Crippen molar-refractivity contribution in [2.45, 2.75) is 45.8 Å². The lowest BCUT2D eigenvalue weighted by molar-refractivity contribution is 0.221. The molecule has 4 N–H and O–H groups in total. The standard InChI is InChI=1S/C30H31ClN8/c1-18(2)39-17-27(37-38-39)30(24-11-8-12-33-20(24)4)36-23-13-25-28(35-19(3)21-9-6-5-7-10-21)22(15-32)16-34-29(25)26(31)14-23/h5-14,16-19,30,36-38H,1-4H3,(H,34,35)/t19-,30+/m1/s1. The van der Waals surface area contributed by atoms with E-state index >= 15 is 0 Å². The lowest BCUT2D eigenvalue weighted by Gasteiger charge is -2.24. The summed E-state index contributed by atoms with van der Waals surface area (Å²) in [6, 6.07) is 20.3. The molecule has 4 aromatic rings. The van der Waals surface area contributed by atoms with Gasteiger partial charge in [-0.15, -0.1) is 5.53 Å². The minimum atomic E-state index is -0.241. The SMILES string of the molecule is Cc1ncccc1[C@H](Nc1cc(Cl)c2ncc(C#N)c(N[C@H](C)c3ccccc3)c2c1)C1=CN(C(C)C)NN1. The number of rotatable bonds is 8. The molecule has 0 saturated heterocycles. The molecule has 0 bridgehead atoms. The van der Waals surface area contributed by atoms with E-state index in [1.54, 1.807) is 12.4 Å². The number of aromatic nitrogens is 2. The number of aryl methyl sites for hydroxylation is 1. The molecule has 5 rings (SSSR count). The van der Waals surface area contributed by atoms with Crippen LogP contribution in [0.2, 0.25) is 5.02 Å². The summed E-state index contributed by atoms with van der Waals surface area (Å²) in [6.07, 6.45) is 5.42. The number of hydrazine groups is 2. The predicted molar refractivity (Wildman–Crippen MR) is 157 cm³/mol. The van der Waals surface area contributed by atoms with E-state index in [2.05, 4.69) is 82.8 Å². The van der Waals surface area contributed by atoms with E-state index in [1.807, 2.05) is 48.3 Å². The molecular weight excluding hydrogens is 508 g/mol. The Balaban J connectivity index is 1.58. The average Bonchev–Trinajstić information content (AvgIpc) is 3.44. The molecular formula is C30H31ClN8. The van der Waals surface area contributed by atoms with Crippen LogP contribution in [0.25, 0.3) is 10.9 Å². The number of halogens is 1. The summed E-state index contributed by atoms with van der Waals surface area (Å²) < 4.78 is 0. The van der Waals surface area contributed by atoms with E-state index in [0.717, 1.165) is 33.6 Å². The molecule has 0 spiro atoms. The quantitative estimate of drug-likeness (QED) is 0.205. The molecule has 0 radical (unpaired) electrons. The summed E-state index contributed by atoms with van der Waals surface area (Å²) in [5.74, 6) is 0. The number of hydrogen-bond acceptors (Lipinski definition) is 8. The average molecular weight is 539 g/mol. The van der Waals surface area contributed by atoms with Gasteiger partial charge in [-0.05, 0) is 51.5 Å². The Bertz CT molecular complexity index is 1560. The minimum absolute atomic E-state index is 0.0361. The van der Waals surface area contributed by atoms with Gasteiger partial charge in [-0.3, -0.25) is 15.0 Å². The molecule has 9 heteroatoms. The molecule has 2 aromatic heterocycles. The first-order chi connectivity index (χ1) is 18.9. The van der Waals surface area contributed by atoms with Crippen LogP contribution in [0, 0.1) is 18.3 Å². The first-order valence-corrected chi connectivity index (χ1v) is 13.3. The van der Waals surface area contributed by atoms with Crippen LogP contribution < -0.4 is 21.6 Å². The van der Waals surface area contributed by atoms with Crippen molar-refractivity contribution in [3.05, 3.63) is 106 Å². The Morgan fingerprint density at radius 1 is 1.03 bits per heavy atom. The summed E-state index contributed by atoms with van der Waals surface area (Å²) in [5, 5.41) is 20.4. The van der Waals surface area contributed by atoms with E-state index in [9.17, 15) is 5.26 Å². The third kappa shape index (κ3) is 5.46. The summed E-state index contributed by atoms with van der Waals surface area (Å²) in [6.45, 7) is 8.29. The van der Waals surface area contributed by atoms with Crippen LogP contribution in [0.1, 0.15) is 55.2 Å². The Hall–Kier alpha value is -4.32. The predicted octanol–water partition coefficient (Wildman–Crippen LogP) is 6.36. The van der Waals surface area contributed by atoms with E-state index in [1.165, 1.54) is 0 Å². The monoisotopic (exact) mass is 538 g/mol. The Morgan fingerprint density at radius 3 is 2.51 bits per heavy atom. The number of hydrogen-bond donors (Lipinski definition) is 4. The maximum atomic E-state index is 9.92. The van der Waals surface area contributed by atoms with Gasteiger partial charge in [0.2, 0.25) is 0 Å². The Morgan fingerprint density at radius 2 is 1.82 bits per heavy atom. The zero-order valence-corrected chi connectivity index (χ0v) is 23.1. The van der Waals surface area contributed by atoms with E-state index in [4.69, 9.17) is 11.6 Å². The van der Waals surface area contributed by atoms with Crippen molar-refractivity contribution in [3.8, 4) is 6.07 Å². The summed E-state index contributed by atoms with van der Waals surface area (Å²) >= 11 is 6.79. The second-order valence-corrected chi connectivity index (χ2v) is 10.3. The number of fused-ring (bicyclic) bond motifs is 1. The first kappa shape index (κ1) is 26.3. The summed E-state index contributed by atoms with van der Waals surface area (Å²) in [5.41, 5.74) is 13.1. The molecule has 3 heterocycles. The van der Waals surface area contributed by atoms with Crippen LogP contribution in [0.3, 0.4) is 0 Å². The van der Waals surface area contributed by atoms with Gasteiger partial charge in [0.25, 0.3) is 0 Å². The molecule has 0 fully saturated rings. The highest BCUT2D eigenvalue weighted by atomic mass is 35.5. The van der Waals surface area contributed by atoms with Crippen LogP contribution in [0.5, 0.6) is 0 Å². The number of nitrogens with zero attached hydrogens (tertiary/aromatic N) is 4. The van der Waals surface area contributed by atoms with Gasteiger partial charge in [0, 0.05) is 53.0 Å². The zero-order valence-electron chi connectivity index (χ0n) is 22.3. The zero-order chi connectivity index (χ0) is 27.5. The maximum Gasteiger partial charge on any atom is 0.103 e. The molecule has 198 valence electrons. The van der Waals surface area contributed by atoms with Crippen LogP contribution >= 0.6 is 11.6 Å². The van der Waals surface area contributed by atoms with Crippen molar-refractivity contribution in [1.29, 1.82) is 5.26 Å². The summed E-state index contributed by atoms with van der Waals surface area (Å²) in [4.78, 5) is 9.04. The van der Waals surface area contributed by atoms with Crippen molar-refractivity contribution in [2.75, 3.05) is 10.6 Å². The fraction of sp³-hybridized carbons (Fsp3) is 0.233. The van der Waals surface area contributed by atoms with Gasteiger partial charge in [-0.1, -0.05) is 48.0 Å². The van der Waals surface area contributed by atoms with Gasteiger partial charge < -0.3 is 16.1 Å². The van der Waals surface area contributed by atoms with Crippen molar-refractivity contribution in [2.24, 2.45) is 0 Å². The van der Waals surface area contributed by atoms with Gasteiger partial charge in [0.05, 0.1) is 33.5 Å². The minimum Gasteiger partial charge on any atom is -0.377 e. The van der Waals surface area contributed by atoms with Gasteiger partial charge in [-0.2, -0.15) is 5.26 Å². The van der Waals surface area contributed by atoms with Gasteiger partial charge >= 0.3 is 0 Å². The summed E-state index contributed by atoms with van der Waals surface area (Å²) in [7, 11) is 0. The van der Waals surface area contributed by atoms with E-state index in [0.29, 0.717) is 21.8 Å². The highest BCUT2D eigenvalue weighted by Gasteiger charge is 2.25. The van der Waals surface area contributed by atoms with Crippen molar-refractivity contribution in [3.63, 3.8) is 0 Å². The number of nitriles is 1. The molecule has 1 aliphatic heterocycles. The number of benzene rings is 2. The molecule has 2 aromatic carbocycles. The third-order valence-electron chi connectivity index (χ3n) is 6.85. The van der Waals surface area contributed by atoms with Gasteiger partial charge in [-0.25, -0.2) is 0 Å². The fourth-order valence-electron chi connectivity index (χ4n) is 4.68. The Kier molecular flexibility index (Phi) is 7.55. The molecule has 0 aliphatic carbocycles. The Labute approximate surface area is 233 Å². The largest absolute Gasteiger partial charge is 0.377 e. The highest BCUT2D eigenvalue weighted by Crippen LogP contribution is 2.37. The molecule has 0 unspecified atom stereocenters. The van der Waals surface area contributed by atoms with Crippen LogP contribution in [-0.4, -0.2) is 21.0 Å². The second-order valence-electron chi connectivity index (χ2n) is 9.87. The number of pyridine rings is 2. The normalized spacial score (nSPS) is 14.5. The molecule has 0 saturated carbocycles. The topological polar surface area (TPSA) is 101 Å². The van der Waals surface area contributed by atoms with E-state index < -0.39 is 0 Å². The number of anilines is 2. The second kappa shape index (κ2) is 11.2. The first-order valence-electron chi connectivity index (χ1n) is 12.9. The van der Waals surface area contributed by atoms with Gasteiger partial charge in [0.1, 0.15) is 6.07 Å². The number of nitrogens with one attached hydrogen (secondary N) is 4. The maximum absolute atomic E-state index is 9.92. The molecule has 1 aliphatic rings. The molecule has 0 amide bonds. The lowest BCUT2D eigenvalue weighted by Crippen LogP contribution is -2.41. The van der Waals surface area contributed by atoms with Gasteiger partial charge in [0.15, 0.2) is 0 Å². The van der Waals surface area contributed by atoms with E-state index in [-0.39, 0.29) is 18.1 Å². The fourth-order valence-corrected chi connectivity index (χ4v) is 4.95. The van der Waals surface area contributed by atoms with Crippen LogP contribution in [-0.2, 0) is 0 Å². The van der Waals surface area contributed by atoms with Crippen LogP contribution in [0.15, 0.2) is 78.9 Å². The third-order valence-corrected chi connectivity index (χ3v) is 7.14. The molecule has 39 heavy (non-hydrogen) atoms.